The van der Waals surface area contributed by atoms with Gasteiger partial charge in [0, 0.05) is 12.1 Å². The van der Waals surface area contributed by atoms with Crippen LogP contribution in [-0.2, 0) is 0 Å². The number of ether oxygens (including phenoxy) is 1. The summed E-state index contributed by atoms with van der Waals surface area (Å²) in [6.45, 7) is 7.41. The van der Waals surface area contributed by atoms with Gasteiger partial charge in [0.25, 0.3) is 5.91 Å². The third-order valence-corrected chi connectivity index (χ3v) is 2.17. The van der Waals surface area contributed by atoms with E-state index >= 15 is 0 Å². The molecule has 0 unspecified atom stereocenters. The van der Waals surface area contributed by atoms with E-state index in [2.05, 4.69) is 5.32 Å². The van der Waals surface area contributed by atoms with Crippen molar-refractivity contribution in [2.24, 2.45) is 0 Å². The molecule has 4 heteroatoms. The molecule has 4 nitrogen and oxygen atoms in total. The lowest BCUT2D eigenvalue weighted by Gasteiger charge is -2.17. The Balaban J connectivity index is 2.59. The van der Waals surface area contributed by atoms with Crippen LogP contribution in [0, 0.1) is 0 Å². The van der Waals surface area contributed by atoms with E-state index in [0.29, 0.717) is 5.56 Å². The number of nitrogens with one attached hydrogen (secondary N) is 1. The average Bonchev–Trinajstić information content (AvgIpc) is 2.25. The molecule has 1 aromatic rings. The maximum atomic E-state index is 11.8. The van der Waals surface area contributed by atoms with Crippen LogP contribution in [0.1, 0.15) is 38.1 Å². The van der Waals surface area contributed by atoms with Crippen LogP contribution in [0.15, 0.2) is 24.3 Å². The Hall–Kier alpha value is -1.55. The number of aliphatic hydroxyl groups is 1. The molecule has 0 heterocycles. The van der Waals surface area contributed by atoms with Gasteiger partial charge in [-0.3, -0.25) is 4.79 Å². The zero-order valence-corrected chi connectivity index (χ0v) is 11.4. The van der Waals surface area contributed by atoms with Gasteiger partial charge in [0.05, 0.1) is 11.7 Å². The minimum Gasteiger partial charge on any atom is -0.491 e. The number of rotatable bonds is 5. The van der Waals surface area contributed by atoms with Crippen molar-refractivity contribution in [1.29, 1.82) is 0 Å². The van der Waals surface area contributed by atoms with Crippen LogP contribution in [0.2, 0.25) is 0 Å². The lowest BCUT2D eigenvalue weighted by Crippen LogP contribution is -2.38. The van der Waals surface area contributed by atoms with Gasteiger partial charge in [0.2, 0.25) is 0 Å². The van der Waals surface area contributed by atoms with Gasteiger partial charge < -0.3 is 15.2 Å². The van der Waals surface area contributed by atoms with Crippen molar-refractivity contribution >= 4 is 5.91 Å². The van der Waals surface area contributed by atoms with Crippen molar-refractivity contribution in [3.8, 4) is 5.75 Å². The number of carbonyl (C=O) groups excluding carboxylic acids is 1. The minimum absolute atomic E-state index is 0.111. The first-order chi connectivity index (χ1) is 8.28. The third kappa shape index (κ3) is 5.19. The maximum absolute atomic E-state index is 11.8. The maximum Gasteiger partial charge on any atom is 0.251 e. The highest BCUT2D eigenvalue weighted by molar-refractivity contribution is 5.94. The van der Waals surface area contributed by atoms with E-state index in [1.165, 1.54) is 0 Å². The van der Waals surface area contributed by atoms with E-state index in [-0.39, 0.29) is 18.6 Å². The average molecular weight is 251 g/mol. The number of hydrogen-bond donors (Lipinski definition) is 2. The van der Waals surface area contributed by atoms with Gasteiger partial charge in [-0.25, -0.2) is 0 Å². The van der Waals surface area contributed by atoms with E-state index in [1.54, 1.807) is 38.1 Å². The Bertz CT molecular complexity index is 390. The number of hydrogen-bond acceptors (Lipinski definition) is 3. The topological polar surface area (TPSA) is 58.6 Å². The first-order valence-electron chi connectivity index (χ1n) is 6.05. The molecule has 0 aliphatic heterocycles. The molecule has 2 N–H and O–H groups in total. The predicted octanol–water partition coefficient (Wildman–Crippen LogP) is 1.97. The van der Waals surface area contributed by atoms with Gasteiger partial charge >= 0.3 is 0 Å². The SMILES string of the molecule is CC(C)Oc1ccc(C(=O)NCC(C)(C)O)cc1. The second-order valence-electron chi connectivity index (χ2n) is 5.19. The molecular weight excluding hydrogens is 230 g/mol. The van der Waals surface area contributed by atoms with E-state index in [9.17, 15) is 9.90 Å². The normalized spacial score (nSPS) is 11.4. The van der Waals surface area contributed by atoms with Crippen LogP contribution in [0.25, 0.3) is 0 Å². The molecule has 0 aliphatic rings. The minimum atomic E-state index is -0.906. The van der Waals surface area contributed by atoms with E-state index in [0.717, 1.165) is 5.75 Å². The monoisotopic (exact) mass is 251 g/mol. The van der Waals surface area contributed by atoms with Crippen LogP contribution >= 0.6 is 0 Å². The molecule has 0 aliphatic carbocycles. The highest BCUT2D eigenvalue weighted by Gasteiger charge is 2.14. The Kier molecular flexibility index (Phi) is 4.73. The van der Waals surface area contributed by atoms with E-state index < -0.39 is 5.60 Å². The molecule has 100 valence electrons. The second kappa shape index (κ2) is 5.87. The van der Waals surface area contributed by atoms with Crippen molar-refractivity contribution in [2.45, 2.75) is 39.4 Å². The van der Waals surface area contributed by atoms with Gasteiger partial charge in [0.1, 0.15) is 5.75 Å². The molecular formula is C14H21NO3. The molecule has 0 spiro atoms. The summed E-state index contributed by atoms with van der Waals surface area (Å²) >= 11 is 0. The largest absolute Gasteiger partial charge is 0.491 e. The van der Waals surface area contributed by atoms with Crippen molar-refractivity contribution in [1.82, 2.24) is 5.32 Å². The highest BCUT2D eigenvalue weighted by atomic mass is 16.5. The summed E-state index contributed by atoms with van der Waals surface area (Å²) in [6, 6.07) is 6.94. The first kappa shape index (κ1) is 14.5. The molecule has 0 saturated heterocycles. The number of benzene rings is 1. The molecule has 0 radical (unpaired) electrons. The molecule has 0 saturated carbocycles. The molecule has 1 aromatic carbocycles. The Morgan fingerprint density at radius 1 is 1.33 bits per heavy atom. The fraction of sp³-hybridized carbons (Fsp3) is 0.500. The van der Waals surface area contributed by atoms with Crippen LogP contribution in [0.5, 0.6) is 5.75 Å². The fourth-order valence-electron chi connectivity index (χ4n) is 1.36. The summed E-state index contributed by atoms with van der Waals surface area (Å²) in [7, 11) is 0. The second-order valence-corrected chi connectivity index (χ2v) is 5.19. The van der Waals surface area contributed by atoms with Gasteiger partial charge in [-0.1, -0.05) is 0 Å². The lowest BCUT2D eigenvalue weighted by molar-refractivity contribution is 0.0694. The van der Waals surface area contributed by atoms with Crippen LogP contribution in [0.3, 0.4) is 0 Å². The standard InChI is InChI=1S/C14H21NO3/c1-10(2)18-12-7-5-11(6-8-12)13(16)15-9-14(3,4)17/h5-8,10,17H,9H2,1-4H3,(H,15,16). The van der Waals surface area contributed by atoms with Crippen molar-refractivity contribution in [3.63, 3.8) is 0 Å². The summed E-state index contributed by atoms with van der Waals surface area (Å²) in [5.74, 6) is 0.539. The molecule has 0 aromatic heterocycles. The predicted molar refractivity (Wildman–Crippen MR) is 70.8 cm³/mol. The van der Waals surface area contributed by atoms with Crippen LogP contribution in [-0.4, -0.2) is 29.3 Å². The summed E-state index contributed by atoms with van der Waals surface area (Å²) in [5, 5.41) is 12.2. The van der Waals surface area contributed by atoms with Gasteiger partial charge in [-0.05, 0) is 52.0 Å². The molecule has 0 bridgehead atoms. The Morgan fingerprint density at radius 2 is 1.89 bits per heavy atom. The van der Waals surface area contributed by atoms with Gasteiger partial charge in [-0.15, -0.1) is 0 Å². The number of amides is 1. The van der Waals surface area contributed by atoms with Crippen molar-refractivity contribution < 1.29 is 14.6 Å². The Morgan fingerprint density at radius 3 is 2.33 bits per heavy atom. The van der Waals surface area contributed by atoms with Gasteiger partial charge in [0.15, 0.2) is 0 Å². The quantitative estimate of drug-likeness (QED) is 0.841. The Labute approximate surface area is 108 Å². The molecule has 0 atom stereocenters. The van der Waals surface area contributed by atoms with Gasteiger partial charge in [-0.2, -0.15) is 0 Å². The van der Waals surface area contributed by atoms with Crippen LogP contribution in [0.4, 0.5) is 0 Å². The van der Waals surface area contributed by atoms with E-state index in [1.807, 2.05) is 13.8 Å². The number of carbonyl (C=O) groups is 1. The summed E-state index contributed by atoms with van der Waals surface area (Å²) < 4.78 is 5.49. The van der Waals surface area contributed by atoms with E-state index in [4.69, 9.17) is 4.74 Å². The lowest BCUT2D eigenvalue weighted by atomic mass is 10.1. The van der Waals surface area contributed by atoms with Crippen molar-refractivity contribution in [3.05, 3.63) is 29.8 Å². The highest BCUT2D eigenvalue weighted by Crippen LogP contribution is 2.13. The zero-order valence-electron chi connectivity index (χ0n) is 11.4. The van der Waals surface area contributed by atoms with Crippen molar-refractivity contribution in [2.75, 3.05) is 6.54 Å². The molecule has 18 heavy (non-hydrogen) atoms. The summed E-state index contributed by atoms with van der Waals surface area (Å²) in [4.78, 5) is 11.8. The molecule has 0 fully saturated rings. The molecule has 1 amide bonds. The summed E-state index contributed by atoms with van der Waals surface area (Å²) in [5.41, 5.74) is -0.355. The zero-order chi connectivity index (χ0) is 13.8. The summed E-state index contributed by atoms with van der Waals surface area (Å²) in [6.07, 6.45) is 0.111. The van der Waals surface area contributed by atoms with Crippen LogP contribution < -0.4 is 10.1 Å². The third-order valence-electron chi connectivity index (χ3n) is 2.17. The first-order valence-corrected chi connectivity index (χ1v) is 6.05. The fourth-order valence-corrected chi connectivity index (χ4v) is 1.36. The molecule has 1 rings (SSSR count). The smallest absolute Gasteiger partial charge is 0.251 e.